The number of hydrogen-bond donors (Lipinski definition) is 0. The zero-order chi connectivity index (χ0) is 19.3. The predicted octanol–water partition coefficient (Wildman–Crippen LogP) is 5.46. The molecule has 0 amide bonds. The quantitative estimate of drug-likeness (QED) is 0.336. The molecule has 0 aromatic rings. The van der Waals surface area contributed by atoms with Crippen molar-refractivity contribution >= 4 is 8.32 Å². The third-order valence-electron chi connectivity index (χ3n) is 2.32. The van der Waals surface area contributed by atoms with Gasteiger partial charge in [0, 0.05) is 0 Å². The van der Waals surface area contributed by atoms with Crippen molar-refractivity contribution in [1.82, 2.24) is 0 Å². The molecule has 0 spiro atoms. The van der Waals surface area contributed by atoms with Crippen molar-refractivity contribution in [3.8, 4) is 0 Å². The number of halogens is 11. The smallest absolute Gasteiger partial charge is 0.460 e. The molecule has 0 radical (unpaired) electrons. The molecule has 138 valence electrons. The largest absolute Gasteiger partial charge is 0.543 e. The lowest BCUT2D eigenvalue weighted by Crippen LogP contribution is -2.67. The summed E-state index contributed by atoms with van der Waals surface area (Å²) in [5, 5.41) is 0. The summed E-state index contributed by atoms with van der Waals surface area (Å²) in [4.78, 5) is 0. The van der Waals surface area contributed by atoms with E-state index in [0.29, 0.717) is 0 Å². The highest BCUT2D eigenvalue weighted by atomic mass is 28.4. The van der Waals surface area contributed by atoms with Crippen molar-refractivity contribution in [1.29, 1.82) is 0 Å². The molecule has 0 saturated heterocycles. The lowest BCUT2D eigenvalue weighted by molar-refractivity contribution is -0.419. The van der Waals surface area contributed by atoms with Gasteiger partial charge in [-0.2, -0.15) is 48.3 Å². The molecule has 0 fully saturated rings. The van der Waals surface area contributed by atoms with E-state index in [-0.39, 0.29) is 0 Å². The Kier molecular flexibility index (Phi) is 5.27. The molecule has 0 aliphatic rings. The molecule has 0 aliphatic heterocycles. The first-order valence-electron chi connectivity index (χ1n) is 5.59. The van der Waals surface area contributed by atoms with Crippen molar-refractivity contribution in [2.24, 2.45) is 0 Å². The fourth-order valence-corrected chi connectivity index (χ4v) is 2.05. The molecule has 0 atom stereocenters. The molecular formula is C10H11F11OSi. The monoisotopic (exact) mass is 384 g/mol. The molecule has 0 unspecified atom stereocenters. The standard InChI is InChI=1S/C10H11F11OSi/c1-5(22-23(2,3)4)6(11,12)7(13,14)8(15,16)9(17,18)10(19,20)21/h1H2,2-4H3. The minimum atomic E-state index is -7.45. The van der Waals surface area contributed by atoms with Gasteiger partial charge in [-0.1, -0.05) is 6.58 Å². The molecule has 13 heteroatoms. The number of rotatable bonds is 6. The Morgan fingerprint density at radius 1 is 0.696 bits per heavy atom. The van der Waals surface area contributed by atoms with Crippen molar-refractivity contribution in [3.63, 3.8) is 0 Å². The van der Waals surface area contributed by atoms with Gasteiger partial charge in [0.25, 0.3) is 0 Å². The van der Waals surface area contributed by atoms with Gasteiger partial charge in [-0.25, -0.2) is 0 Å². The van der Waals surface area contributed by atoms with Crippen LogP contribution in [0, 0.1) is 0 Å². The molecule has 0 bridgehead atoms. The first-order chi connectivity index (χ1) is 9.63. The summed E-state index contributed by atoms with van der Waals surface area (Å²) in [5.41, 5.74) is 0. The van der Waals surface area contributed by atoms with E-state index in [4.69, 9.17) is 0 Å². The average Bonchev–Trinajstić information content (AvgIpc) is 2.23. The van der Waals surface area contributed by atoms with Crippen LogP contribution < -0.4 is 0 Å². The van der Waals surface area contributed by atoms with Gasteiger partial charge in [0.1, 0.15) is 5.76 Å². The Morgan fingerprint density at radius 3 is 1.30 bits per heavy atom. The predicted molar refractivity (Wildman–Crippen MR) is 59.4 cm³/mol. The van der Waals surface area contributed by atoms with E-state index in [1.54, 1.807) is 0 Å². The number of hydrogen-bond acceptors (Lipinski definition) is 1. The fraction of sp³-hybridized carbons (Fsp3) is 0.800. The summed E-state index contributed by atoms with van der Waals surface area (Å²) in [6, 6.07) is 0. The van der Waals surface area contributed by atoms with E-state index < -0.39 is 43.9 Å². The fourth-order valence-electron chi connectivity index (χ4n) is 1.18. The lowest BCUT2D eigenvalue weighted by Gasteiger charge is -2.38. The number of allylic oxidation sites excluding steroid dienone is 1. The second-order valence-corrected chi connectivity index (χ2v) is 9.86. The van der Waals surface area contributed by atoms with Crippen LogP contribution in [-0.2, 0) is 4.43 Å². The molecule has 0 rings (SSSR count). The van der Waals surface area contributed by atoms with Crippen LogP contribution in [-0.4, -0.2) is 38.2 Å². The summed E-state index contributed by atoms with van der Waals surface area (Å²) >= 11 is 0. The van der Waals surface area contributed by atoms with E-state index in [2.05, 4.69) is 11.0 Å². The first-order valence-corrected chi connectivity index (χ1v) is 9.00. The maximum absolute atomic E-state index is 13.4. The summed E-state index contributed by atoms with van der Waals surface area (Å²) in [5.74, 6) is -30.5. The highest BCUT2D eigenvalue weighted by Crippen LogP contribution is 2.58. The van der Waals surface area contributed by atoms with E-state index >= 15 is 0 Å². The molecule has 0 saturated carbocycles. The van der Waals surface area contributed by atoms with Crippen LogP contribution in [0.5, 0.6) is 0 Å². The number of alkyl halides is 11. The second-order valence-electron chi connectivity index (χ2n) is 5.43. The Labute approximate surface area is 124 Å². The summed E-state index contributed by atoms with van der Waals surface area (Å²) in [6.45, 7) is 5.66. The molecule has 0 aliphatic carbocycles. The van der Waals surface area contributed by atoms with Gasteiger partial charge in [-0.3, -0.25) is 0 Å². The van der Waals surface area contributed by atoms with Crippen LogP contribution in [0.1, 0.15) is 0 Å². The highest BCUT2D eigenvalue weighted by Gasteiger charge is 2.87. The van der Waals surface area contributed by atoms with E-state index in [0.717, 1.165) is 19.6 Å². The van der Waals surface area contributed by atoms with Crippen molar-refractivity contribution in [2.45, 2.75) is 49.5 Å². The Balaban J connectivity index is 5.99. The molecular weight excluding hydrogens is 373 g/mol. The Hall–Kier alpha value is -1.01. The van der Waals surface area contributed by atoms with Crippen LogP contribution in [0.4, 0.5) is 48.3 Å². The lowest BCUT2D eigenvalue weighted by atomic mass is 9.97. The molecule has 0 heterocycles. The summed E-state index contributed by atoms with van der Waals surface area (Å²) in [6.07, 6.45) is -7.18. The van der Waals surface area contributed by atoms with Crippen LogP contribution >= 0.6 is 0 Å². The maximum atomic E-state index is 13.4. The van der Waals surface area contributed by atoms with E-state index in [1.165, 1.54) is 0 Å². The van der Waals surface area contributed by atoms with Gasteiger partial charge in [-0.15, -0.1) is 0 Å². The third kappa shape index (κ3) is 3.58. The van der Waals surface area contributed by atoms with Gasteiger partial charge < -0.3 is 4.43 Å². The van der Waals surface area contributed by atoms with Gasteiger partial charge in [0.15, 0.2) is 0 Å². The Morgan fingerprint density at radius 2 is 1.04 bits per heavy atom. The van der Waals surface area contributed by atoms with Gasteiger partial charge in [-0.05, 0) is 19.6 Å². The van der Waals surface area contributed by atoms with Crippen molar-refractivity contribution in [3.05, 3.63) is 12.3 Å². The molecule has 0 N–H and O–H groups in total. The van der Waals surface area contributed by atoms with Gasteiger partial charge >= 0.3 is 29.9 Å². The van der Waals surface area contributed by atoms with Crippen LogP contribution in [0.25, 0.3) is 0 Å². The van der Waals surface area contributed by atoms with Gasteiger partial charge in [0.2, 0.25) is 8.32 Å². The van der Waals surface area contributed by atoms with Crippen molar-refractivity contribution < 1.29 is 52.7 Å². The molecule has 0 aromatic heterocycles. The van der Waals surface area contributed by atoms with E-state index in [9.17, 15) is 48.3 Å². The molecule has 1 nitrogen and oxygen atoms in total. The average molecular weight is 384 g/mol. The van der Waals surface area contributed by atoms with Crippen LogP contribution in [0.3, 0.4) is 0 Å². The van der Waals surface area contributed by atoms with Gasteiger partial charge in [0.05, 0.1) is 0 Å². The maximum Gasteiger partial charge on any atom is 0.460 e. The van der Waals surface area contributed by atoms with Crippen molar-refractivity contribution in [2.75, 3.05) is 0 Å². The van der Waals surface area contributed by atoms with Crippen LogP contribution in [0.15, 0.2) is 12.3 Å². The normalized spacial score (nSPS) is 15.6. The molecule has 0 aromatic carbocycles. The van der Waals surface area contributed by atoms with Crippen LogP contribution in [0.2, 0.25) is 19.6 Å². The zero-order valence-electron chi connectivity index (χ0n) is 11.8. The Bertz CT molecular complexity index is 460. The summed E-state index contributed by atoms with van der Waals surface area (Å²) in [7, 11) is -3.12. The highest BCUT2D eigenvalue weighted by molar-refractivity contribution is 6.70. The molecule has 23 heavy (non-hydrogen) atoms. The first kappa shape index (κ1) is 22.0. The summed E-state index contributed by atoms with van der Waals surface area (Å²) < 4.78 is 144. The SMILES string of the molecule is C=C(O[Si](C)(C)C)C(F)(F)C(F)(F)C(F)(F)C(F)(F)C(F)(F)F. The minimum absolute atomic E-state index is 1.13. The second kappa shape index (κ2) is 5.52. The zero-order valence-corrected chi connectivity index (χ0v) is 12.8. The third-order valence-corrected chi connectivity index (χ3v) is 3.18. The van der Waals surface area contributed by atoms with E-state index in [1.807, 2.05) is 0 Å². The minimum Gasteiger partial charge on any atom is -0.543 e. The topological polar surface area (TPSA) is 9.23 Å².